The van der Waals surface area contributed by atoms with E-state index in [1.54, 1.807) is 0 Å². The highest BCUT2D eigenvalue weighted by molar-refractivity contribution is 6.50. The summed E-state index contributed by atoms with van der Waals surface area (Å²) in [6.45, 7) is 1.25. The molecule has 1 aliphatic rings. The summed E-state index contributed by atoms with van der Waals surface area (Å²) >= 11 is 11.9. The zero-order chi connectivity index (χ0) is 12.6. The normalized spacial score (nSPS) is 21.1. The predicted octanol–water partition coefficient (Wildman–Crippen LogP) is 4.55. The van der Waals surface area contributed by atoms with Gasteiger partial charge in [0, 0.05) is 5.92 Å². The maximum absolute atomic E-state index is 5.97. The molecule has 0 amide bonds. The average Bonchev–Trinajstić information content (AvgIpc) is 2.97. The second kappa shape index (κ2) is 4.73. The van der Waals surface area contributed by atoms with Crippen molar-refractivity contribution in [3.8, 4) is 0 Å². The van der Waals surface area contributed by atoms with Crippen molar-refractivity contribution in [3.05, 3.63) is 48.0 Å². The summed E-state index contributed by atoms with van der Waals surface area (Å²) in [6.07, 6.45) is 0.839. The smallest absolute Gasteiger partial charge is 0.123 e. The van der Waals surface area contributed by atoms with Gasteiger partial charge in [-0.1, -0.05) is 42.5 Å². The summed E-state index contributed by atoms with van der Waals surface area (Å²) in [4.78, 5) is 0. The quantitative estimate of drug-likeness (QED) is 0.747. The molecule has 0 aromatic heterocycles. The molecule has 0 spiro atoms. The SMILES string of the molecule is ClC1(Cl)CC1COCc1cccc2ccccc12. The summed E-state index contributed by atoms with van der Waals surface area (Å²) in [5.41, 5.74) is 1.21. The van der Waals surface area contributed by atoms with Crippen molar-refractivity contribution in [2.75, 3.05) is 6.61 Å². The third-order valence-electron chi connectivity index (χ3n) is 3.41. The number of halogens is 2. The molecule has 3 heteroatoms. The highest BCUT2D eigenvalue weighted by Gasteiger charge is 2.51. The van der Waals surface area contributed by atoms with Crippen LogP contribution in [-0.4, -0.2) is 10.9 Å². The largest absolute Gasteiger partial charge is 0.376 e. The number of benzene rings is 2. The van der Waals surface area contributed by atoms with Gasteiger partial charge < -0.3 is 4.74 Å². The van der Waals surface area contributed by atoms with Crippen LogP contribution in [0.2, 0.25) is 0 Å². The molecule has 1 unspecified atom stereocenters. The lowest BCUT2D eigenvalue weighted by atomic mass is 10.1. The Morgan fingerprint density at radius 2 is 1.83 bits per heavy atom. The fraction of sp³-hybridized carbons (Fsp3) is 0.333. The minimum atomic E-state index is -0.543. The van der Waals surface area contributed by atoms with Crippen molar-refractivity contribution in [1.82, 2.24) is 0 Å². The Kier molecular flexibility index (Phi) is 3.23. The zero-order valence-corrected chi connectivity index (χ0v) is 11.4. The van der Waals surface area contributed by atoms with E-state index in [4.69, 9.17) is 27.9 Å². The second-order valence-electron chi connectivity index (χ2n) is 4.82. The average molecular weight is 281 g/mol. The highest BCUT2D eigenvalue weighted by Crippen LogP contribution is 2.53. The van der Waals surface area contributed by atoms with Gasteiger partial charge in [0.15, 0.2) is 0 Å². The number of ether oxygens (including phenoxy) is 1. The van der Waals surface area contributed by atoms with Crippen molar-refractivity contribution in [2.45, 2.75) is 17.4 Å². The van der Waals surface area contributed by atoms with Crippen LogP contribution in [-0.2, 0) is 11.3 Å². The Morgan fingerprint density at radius 1 is 1.11 bits per heavy atom. The third kappa shape index (κ3) is 2.49. The van der Waals surface area contributed by atoms with Crippen LogP contribution < -0.4 is 0 Å². The van der Waals surface area contributed by atoms with E-state index in [-0.39, 0.29) is 5.92 Å². The first-order valence-corrected chi connectivity index (χ1v) is 6.84. The molecule has 0 radical (unpaired) electrons. The van der Waals surface area contributed by atoms with E-state index in [1.165, 1.54) is 16.3 Å². The molecule has 0 N–H and O–H groups in total. The Balaban J connectivity index is 1.68. The van der Waals surface area contributed by atoms with Crippen molar-refractivity contribution >= 4 is 34.0 Å². The first kappa shape index (κ1) is 12.3. The van der Waals surface area contributed by atoms with Crippen LogP contribution in [0.4, 0.5) is 0 Å². The van der Waals surface area contributed by atoms with E-state index < -0.39 is 4.33 Å². The van der Waals surface area contributed by atoms with Gasteiger partial charge >= 0.3 is 0 Å². The number of hydrogen-bond donors (Lipinski definition) is 0. The molecule has 0 heterocycles. The fourth-order valence-corrected chi connectivity index (χ4v) is 2.68. The van der Waals surface area contributed by atoms with E-state index in [9.17, 15) is 0 Å². The fourth-order valence-electron chi connectivity index (χ4n) is 2.18. The lowest BCUT2D eigenvalue weighted by Crippen LogP contribution is -2.02. The number of rotatable bonds is 4. The van der Waals surface area contributed by atoms with Gasteiger partial charge in [-0.25, -0.2) is 0 Å². The molecule has 3 rings (SSSR count). The summed E-state index contributed by atoms with van der Waals surface area (Å²) in [7, 11) is 0. The first-order valence-electron chi connectivity index (χ1n) is 6.09. The number of hydrogen-bond acceptors (Lipinski definition) is 1. The summed E-state index contributed by atoms with van der Waals surface area (Å²) in [5, 5.41) is 2.49. The molecule has 1 nitrogen and oxygen atoms in total. The minimum Gasteiger partial charge on any atom is -0.376 e. The van der Waals surface area contributed by atoms with Crippen LogP contribution >= 0.6 is 23.2 Å². The molecule has 94 valence electrons. The topological polar surface area (TPSA) is 9.23 Å². The van der Waals surface area contributed by atoms with E-state index in [2.05, 4.69) is 36.4 Å². The molecular formula is C15H14Cl2O. The van der Waals surface area contributed by atoms with Crippen molar-refractivity contribution in [3.63, 3.8) is 0 Å². The predicted molar refractivity (Wildman–Crippen MR) is 76.1 cm³/mol. The standard InChI is InChI=1S/C15H14Cl2O/c16-15(17)8-13(15)10-18-9-12-6-3-5-11-4-1-2-7-14(11)12/h1-7,13H,8-10H2. The summed E-state index contributed by atoms with van der Waals surface area (Å²) < 4.78 is 5.18. The van der Waals surface area contributed by atoms with Crippen LogP contribution in [0.1, 0.15) is 12.0 Å². The maximum Gasteiger partial charge on any atom is 0.123 e. The zero-order valence-electron chi connectivity index (χ0n) is 9.90. The number of alkyl halides is 2. The minimum absolute atomic E-state index is 0.288. The van der Waals surface area contributed by atoms with E-state index in [0.29, 0.717) is 13.2 Å². The molecule has 2 aromatic carbocycles. The van der Waals surface area contributed by atoms with Crippen molar-refractivity contribution < 1.29 is 4.74 Å². The molecule has 1 aliphatic carbocycles. The van der Waals surface area contributed by atoms with E-state index in [0.717, 1.165) is 6.42 Å². The number of fused-ring (bicyclic) bond motifs is 1. The lowest BCUT2D eigenvalue weighted by molar-refractivity contribution is 0.111. The van der Waals surface area contributed by atoms with Crippen LogP contribution in [0.25, 0.3) is 10.8 Å². The van der Waals surface area contributed by atoms with Crippen LogP contribution in [0.3, 0.4) is 0 Å². The van der Waals surface area contributed by atoms with E-state index >= 15 is 0 Å². The van der Waals surface area contributed by atoms with Gasteiger partial charge in [-0.3, -0.25) is 0 Å². The van der Waals surface area contributed by atoms with Crippen molar-refractivity contribution in [1.29, 1.82) is 0 Å². The van der Waals surface area contributed by atoms with Gasteiger partial charge in [0.1, 0.15) is 4.33 Å². The Bertz CT molecular complexity index is 560. The Hall–Kier alpha value is -0.760. The summed E-state index contributed by atoms with van der Waals surface area (Å²) in [6, 6.07) is 14.6. The second-order valence-corrected chi connectivity index (χ2v) is 6.36. The van der Waals surface area contributed by atoms with Gasteiger partial charge in [0.2, 0.25) is 0 Å². The van der Waals surface area contributed by atoms with Gasteiger partial charge in [-0.15, -0.1) is 23.2 Å². The molecule has 2 aromatic rings. The van der Waals surface area contributed by atoms with E-state index in [1.807, 2.05) is 6.07 Å². The van der Waals surface area contributed by atoms with Gasteiger partial charge in [-0.2, -0.15) is 0 Å². The third-order valence-corrected chi connectivity index (χ3v) is 4.34. The van der Waals surface area contributed by atoms with Gasteiger partial charge in [-0.05, 0) is 22.8 Å². The Labute approximate surface area is 117 Å². The molecular weight excluding hydrogens is 267 g/mol. The van der Waals surface area contributed by atoms with Crippen LogP contribution in [0.5, 0.6) is 0 Å². The van der Waals surface area contributed by atoms with Crippen molar-refractivity contribution in [2.24, 2.45) is 5.92 Å². The molecule has 1 atom stereocenters. The molecule has 0 bridgehead atoms. The van der Waals surface area contributed by atoms with Gasteiger partial charge in [0.25, 0.3) is 0 Å². The Morgan fingerprint density at radius 3 is 2.61 bits per heavy atom. The molecule has 0 saturated heterocycles. The summed E-state index contributed by atoms with van der Waals surface area (Å²) in [5.74, 6) is 0.288. The van der Waals surface area contributed by atoms with Crippen LogP contribution in [0, 0.1) is 5.92 Å². The molecule has 18 heavy (non-hydrogen) atoms. The van der Waals surface area contributed by atoms with Gasteiger partial charge in [0.05, 0.1) is 13.2 Å². The molecule has 1 fully saturated rings. The monoisotopic (exact) mass is 280 g/mol. The lowest BCUT2D eigenvalue weighted by Gasteiger charge is -2.07. The van der Waals surface area contributed by atoms with Crippen LogP contribution in [0.15, 0.2) is 42.5 Å². The first-order chi connectivity index (χ1) is 8.67. The molecule has 0 aliphatic heterocycles. The maximum atomic E-state index is 5.97. The molecule has 1 saturated carbocycles. The highest BCUT2D eigenvalue weighted by atomic mass is 35.5.